The van der Waals surface area contributed by atoms with Crippen LogP contribution in [-0.2, 0) is 14.6 Å². The van der Waals surface area contributed by atoms with Gasteiger partial charge in [0, 0.05) is 38.9 Å². The summed E-state index contributed by atoms with van der Waals surface area (Å²) in [6, 6.07) is 2.06. The molecule has 0 saturated carbocycles. The van der Waals surface area contributed by atoms with Gasteiger partial charge in [0.15, 0.2) is 9.84 Å². The largest absolute Gasteiger partial charge is 0.383 e. The van der Waals surface area contributed by atoms with Crippen LogP contribution in [-0.4, -0.2) is 58.2 Å². The van der Waals surface area contributed by atoms with Gasteiger partial charge in [-0.1, -0.05) is 6.92 Å². The molecule has 17 heavy (non-hydrogen) atoms. The zero-order chi connectivity index (χ0) is 13.1. The molecule has 0 fully saturated rings. The van der Waals surface area contributed by atoms with Gasteiger partial charge in [-0.05, 0) is 6.42 Å². The lowest BCUT2D eigenvalue weighted by atomic mass is 10.4. The zero-order valence-corrected chi connectivity index (χ0v) is 11.5. The predicted octanol–water partition coefficient (Wildman–Crippen LogP) is 0.673. The Bertz CT molecular complexity index is 322. The van der Waals surface area contributed by atoms with Gasteiger partial charge in [0.05, 0.1) is 18.4 Å². The summed E-state index contributed by atoms with van der Waals surface area (Å²) in [5.74, 6) is 0.402. The summed E-state index contributed by atoms with van der Waals surface area (Å²) < 4.78 is 28.1. The number of nitrogens with zero attached hydrogens (tertiary/aromatic N) is 2. The van der Waals surface area contributed by atoms with Crippen LogP contribution in [0.3, 0.4) is 0 Å². The van der Waals surface area contributed by atoms with E-state index in [1.165, 1.54) is 0 Å². The minimum atomic E-state index is -2.94. The molecule has 0 aliphatic heterocycles. The maximum absolute atomic E-state index is 11.6. The van der Waals surface area contributed by atoms with E-state index in [2.05, 4.69) is 6.07 Å². The molecular formula is C11H22N2O3S. The molecule has 0 bridgehead atoms. The van der Waals surface area contributed by atoms with E-state index in [1.807, 2.05) is 11.8 Å². The summed E-state index contributed by atoms with van der Waals surface area (Å²) in [5.41, 5.74) is 0. The zero-order valence-electron chi connectivity index (χ0n) is 10.7. The number of sulfone groups is 1. The first kappa shape index (κ1) is 16.4. The lowest BCUT2D eigenvalue weighted by Gasteiger charge is -2.20. The molecule has 0 N–H and O–H groups in total. The fourth-order valence-electron chi connectivity index (χ4n) is 1.45. The van der Waals surface area contributed by atoms with Crippen molar-refractivity contribution in [1.82, 2.24) is 4.90 Å². The Kier molecular flexibility index (Phi) is 9.04. The highest BCUT2D eigenvalue weighted by molar-refractivity contribution is 7.91. The molecule has 0 aromatic carbocycles. The van der Waals surface area contributed by atoms with Crippen LogP contribution in [0.15, 0.2) is 0 Å². The molecule has 0 radical (unpaired) electrons. The van der Waals surface area contributed by atoms with Crippen molar-refractivity contribution in [3.05, 3.63) is 0 Å². The van der Waals surface area contributed by atoms with E-state index in [1.54, 1.807) is 7.11 Å². The number of methoxy groups -OCH3 is 1. The second-order valence-corrected chi connectivity index (χ2v) is 6.20. The van der Waals surface area contributed by atoms with Crippen LogP contribution >= 0.6 is 0 Å². The summed E-state index contributed by atoms with van der Waals surface area (Å²) in [4.78, 5) is 1.96. The van der Waals surface area contributed by atoms with Crippen molar-refractivity contribution >= 4 is 9.84 Å². The van der Waals surface area contributed by atoms with Gasteiger partial charge in [-0.3, -0.25) is 4.90 Å². The van der Waals surface area contributed by atoms with Crippen LogP contribution in [0.2, 0.25) is 0 Å². The minimum Gasteiger partial charge on any atom is -0.383 e. The Hall–Kier alpha value is -0.640. The third-order valence-electron chi connectivity index (χ3n) is 2.39. The standard InChI is InChI=1S/C11H22N2O3S/c1-3-10-17(14,15)11-8-13(6-4-5-12)7-9-16-2/h3-4,6-11H2,1-2H3. The molecule has 0 saturated heterocycles. The van der Waals surface area contributed by atoms with Crippen LogP contribution in [0.1, 0.15) is 19.8 Å². The average Bonchev–Trinajstić information content (AvgIpc) is 2.28. The smallest absolute Gasteiger partial charge is 0.151 e. The molecule has 0 unspecified atom stereocenters. The normalized spacial score (nSPS) is 11.6. The van der Waals surface area contributed by atoms with Crippen LogP contribution in [0, 0.1) is 11.3 Å². The number of nitriles is 1. The Morgan fingerprint density at radius 3 is 2.47 bits per heavy atom. The fraction of sp³-hybridized carbons (Fsp3) is 0.909. The Morgan fingerprint density at radius 2 is 1.94 bits per heavy atom. The van der Waals surface area contributed by atoms with Crippen LogP contribution < -0.4 is 0 Å². The lowest BCUT2D eigenvalue weighted by molar-refractivity contribution is 0.152. The van der Waals surface area contributed by atoms with Gasteiger partial charge in [-0.25, -0.2) is 8.42 Å². The molecule has 0 amide bonds. The number of hydrogen-bond acceptors (Lipinski definition) is 5. The van der Waals surface area contributed by atoms with Crippen molar-refractivity contribution in [2.24, 2.45) is 0 Å². The summed E-state index contributed by atoms with van der Waals surface area (Å²) in [6.07, 6.45) is 1.07. The third kappa shape index (κ3) is 9.10. The van der Waals surface area contributed by atoms with Crippen LogP contribution in [0.5, 0.6) is 0 Å². The van der Waals surface area contributed by atoms with Crippen LogP contribution in [0.4, 0.5) is 0 Å². The van der Waals surface area contributed by atoms with Crippen molar-refractivity contribution in [2.75, 3.05) is 44.9 Å². The molecular weight excluding hydrogens is 240 g/mol. The van der Waals surface area contributed by atoms with E-state index in [-0.39, 0.29) is 11.5 Å². The number of hydrogen-bond donors (Lipinski definition) is 0. The molecule has 0 aliphatic rings. The maximum atomic E-state index is 11.6. The molecule has 0 heterocycles. The molecule has 0 spiro atoms. The van der Waals surface area contributed by atoms with Gasteiger partial charge in [0.2, 0.25) is 0 Å². The topological polar surface area (TPSA) is 70.4 Å². The highest BCUT2D eigenvalue weighted by atomic mass is 32.2. The predicted molar refractivity (Wildman–Crippen MR) is 67.5 cm³/mol. The Morgan fingerprint density at radius 1 is 1.24 bits per heavy atom. The van der Waals surface area contributed by atoms with Gasteiger partial charge in [0.1, 0.15) is 0 Å². The highest BCUT2D eigenvalue weighted by Crippen LogP contribution is 1.98. The highest BCUT2D eigenvalue weighted by Gasteiger charge is 2.12. The van der Waals surface area contributed by atoms with E-state index in [0.29, 0.717) is 39.1 Å². The second-order valence-electron chi connectivity index (χ2n) is 3.89. The van der Waals surface area contributed by atoms with Gasteiger partial charge in [0.25, 0.3) is 0 Å². The minimum absolute atomic E-state index is 0.163. The van der Waals surface area contributed by atoms with E-state index < -0.39 is 9.84 Å². The van der Waals surface area contributed by atoms with E-state index in [0.717, 1.165) is 0 Å². The van der Waals surface area contributed by atoms with E-state index >= 15 is 0 Å². The van der Waals surface area contributed by atoms with Crippen molar-refractivity contribution in [3.8, 4) is 6.07 Å². The summed E-state index contributed by atoms with van der Waals surface area (Å²) in [6.45, 7) is 4.16. The summed E-state index contributed by atoms with van der Waals surface area (Å²) in [7, 11) is -1.33. The molecule has 6 heteroatoms. The monoisotopic (exact) mass is 262 g/mol. The molecule has 100 valence electrons. The average molecular weight is 262 g/mol. The second kappa shape index (κ2) is 9.40. The van der Waals surface area contributed by atoms with Gasteiger partial charge < -0.3 is 4.74 Å². The van der Waals surface area contributed by atoms with Crippen molar-refractivity contribution in [2.45, 2.75) is 19.8 Å². The number of rotatable bonds is 10. The van der Waals surface area contributed by atoms with Crippen molar-refractivity contribution < 1.29 is 13.2 Å². The van der Waals surface area contributed by atoms with Gasteiger partial charge >= 0.3 is 0 Å². The Balaban J connectivity index is 4.10. The molecule has 0 aromatic heterocycles. The first-order valence-corrected chi connectivity index (χ1v) is 7.66. The summed E-state index contributed by atoms with van der Waals surface area (Å²) >= 11 is 0. The molecule has 0 rings (SSSR count). The first-order chi connectivity index (χ1) is 8.05. The van der Waals surface area contributed by atoms with E-state index in [9.17, 15) is 8.42 Å². The molecule has 0 aliphatic carbocycles. The molecule has 0 atom stereocenters. The third-order valence-corrected chi connectivity index (χ3v) is 4.22. The van der Waals surface area contributed by atoms with E-state index in [4.69, 9.17) is 10.00 Å². The van der Waals surface area contributed by atoms with Crippen molar-refractivity contribution in [1.29, 1.82) is 5.26 Å². The quantitative estimate of drug-likeness (QED) is 0.579. The first-order valence-electron chi connectivity index (χ1n) is 5.84. The Labute approximate surface area is 104 Å². The SMILES string of the molecule is CCCS(=O)(=O)CCN(CCC#N)CCOC. The number of ether oxygens (including phenoxy) is 1. The maximum Gasteiger partial charge on any atom is 0.151 e. The summed E-state index contributed by atoms with van der Waals surface area (Å²) in [5, 5.41) is 8.53. The fourth-order valence-corrected chi connectivity index (χ4v) is 2.81. The van der Waals surface area contributed by atoms with Gasteiger partial charge in [-0.15, -0.1) is 0 Å². The molecule has 5 nitrogen and oxygen atoms in total. The van der Waals surface area contributed by atoms with Crippen LogP contribution in [0.25, 0.3) is 0 Å². The molecule has 0 aromatic rings. The van der Waals surface area contributed by atoms with Gasteiger partial charge in [-0.2, -0.15) is 5.26 Å². The van der Waals surface area contributed by atoms with Crippen molar-refractivity contribution in [3.63, 3.8) is 0 Å². The lowest BCUT2D eigenvalue weighted by Crippen LogP contribution is -2.33.